The predicted octanol–water partition coefficient (Wildman–Crippen LogP) is 1.59. The van der Waals surface area contributed by atoms with Crippen LogP contribution in [0.25, 0.3) is 11.2 Å². The van der Waals surface area contributed by atoms with Crippen LogP contribution in [0.4, 0.5) is 0 Å². The second-order valence-electron chi connectivity index (χ2n) is 2.23. The van der Waals surface area contributed by atoms with E-state index in [1.807, 2.05) is 0 Å². The smallest absolute Gasteiger partial charge is 0.223 e. The van der Waals surface area contributed by atoms with Gasteiger partial charge < -0.3 is 9.97 Å². The van der Waals surface area contributed by atoms with E-state index < -0.39 is 0 Å². The summed E-state index contributed by atoms with van der Waals surface area (Å²) in [5.41, 5.74) is 0.941. The Morgan fingerprint density at radius 1 is 1.15 bits per heavy atom. The molecule has 0 aromatic carbocycles. The third-order valence-corrected chi connectivity index (χ3v) is 1.77. The van der Waals surface area contributed by atoms with Crippen LogP contribution in [0.3, 0.4) is 0 Å². The van der Waals surface area contributed by atoms with Gasteiger partial charge in [-0.2, -0.15) is 0 Å². The van der Waals surface area contributed by atoms with Crippen molar-refractivity contribution in [2.75, 3.05) is 0 Å². The molecular weight excluding hydrogens is 288 g/mol. The van der Waals surface area contributed by atoms with Crippen molar-refractivity contribution in [1.82, 2.24) is 19.9 Å². The summed E-state index contributed by atoms with van der Waals surface area (Å²) in [7, 11) is 0. The summed E-state index contributed by atoms with van der Waals surface area (Å²) in [5.74, 6) is 0.614. The predicted molar refractivity (Wildman–Crippen MR) is 45.4 cm³/mol. The van der Waals surface area contributed by atoms with E-state index in [2.05, 4.69) is 19.9 Å². The van der Waals surface area contributed by atoms with Crippen LogP contribution in [0.2, 0.25) is 10.4 Å². The van der Waals surface area contributed by atoms with Crippen LogP contribution in [0.15, 0.2) is 0 Å². The minimum Gasteiger partial charge on any atom is -0.436 e. The second-order valence-corrected chi connectivity index (χ2v) is 2.92. The zero-order chi connectivity index (χ0) is 8.72. The van der Waals surface area contributed by atoms with Gasteiger partial charge >= 0.3 is 0 Å². The van der Waals surface area contributed by atoms with E-state index in [9.17, 15) is 0 Å². The molecule has 2 aromatic heterocycles. The van der Waals surface area contributed by atoms with E-state index in [0.717, 1.165) is 0 Å². The first-order valence-electron chi connectivity index (χ1n) is 3.17. The summed E-state index contributed by atoms with van der Waals surface area (Å²) in [5, 5.41) is 0.331. The number of halogens is 2. The molecule has 0 saturated heterocycles. The Hall–Kier alpha value is 0.234. The van der Waals surface area contributed by atoms with Gasteiger partial charge in [0.2, 0.25) is 5.28 Å². The van der Waals surface area contributed by atoms with Gasteiger partial charge in [0, 0.05) is 38.2 Å². The van der Waals surface area contributed by atoms with Gasteiger partial charge in [-0.05, 0) is 18.5 Å². The number of aromatic nitrogens is 4. The number of fused-ring (bicyclic) bond motifs is 1. The van der Waals surface area contributed by atoms with E-state index in [4.69, 9.17) is 23.2 Å². The quantitative estimate of drug-likeness (QED) is 0.546. The molecule has 0 aliphatic heterocycles. The van der Waals surface area contributed by atoms with Crippen molar-refractivity contribution in [3.8, 4) is 0 Å². The number of nitrogens with zero attached hydrogens (tertiary/aromatic N) is 4. The van der Waals surface area contributed by atoms with Crippen molar-refractivity contribution in [3.05, 3.63) is 16.3 Å². The Morgan fingerprint density at radius 3 is 2.54 bits per heavy atom. The molecule has 0 bridgehead atoms. The topological polar surface area (TPSA) is 52.8 Å². The molecule has 65 valence electrons. The van der Waals surface area contributed by atoms with Gasteiger partial charge in [0.05, 0.1) is 5.65 Å². The van der Waals surface area contributed by atoms with E-state index in [1.54, 1.807) is 6.92 Å². The third-order valence-electron chi connectivity index (χ3n) is 1.34. The van der Waals surface area contributed by atoms with Crippen molar-refractivity contribution < 1.29 is 32.7 Å². The molecule has 13 heavy (non-hydrogen) atoms. The fraction of sp³-hybridized carbons (Fsp3) is 0.167. The second kappa shape index (κ2) is 4.17. The monoisotopic (exact) mass is 290 g/mol. The molecule has 0 aliphatic rings. The van der Waals surface area contributed by atoms with Crippen LogP contribution in [0, 0.1) is 6.92 Å². The molecule has 0 saturated carbocycles. The molecule has 2 aromatic rings. The maximum absolute atomic E-state index is 5.74. The van der Waals surface area contributed by atoms with Gasteiger partial charge in [0.25, 0.3) is 0 Å². The number of rotatable bonds is 0. The molecule has 0 spiro atoms. The Kier molecular flexibility index (Phi) is 3.63. The van der Waals surface area contributed by atoms with Gasteiger partial charge in [0.15, 0.2) is 0 Å². The zero-order valence-electron chi connectivity index (χ0n) is 6.62. The van der Waals surface area contributed by atoms with Crippen LogP contribution in [0.5, 0.6) is 0 Å². The Labute approximate surface area is 109 Å². The number of aryl methyl sites for hydroxylation is 1. The average molecular weight is 291 g/mol. The molecule has 1 radical (unpaired) electrons. The molecule has 2 heterocycles. The van der Waals surface area contributed by atoms with E-state index >= 15 is 0 Å². The Balaban J connectivity index is 0.000000845. The minimum absolute atomic E-state index is 0. The first kappa shape index (κ1) is 11.3. The fourth-order valence-corrected chi connectivity index (χ4v) is 1.32. The van der Waals surface area contributed by atoms with Crippen molar-refractivity contribution in [1.29, 1.82) is 0 Å². The van der Waals surface area contributed by atoms with E-state index in [0.29, 0.717) is 17.0 Å². The Bertz CT molecular complexity index is 441. The van der Waals surface area contributed by atoms with E-state index in [1.165, 1.54) is 0 Å². The first-order valence-corrected chi connectivity index (χ1v) is 3.92. The zero-order valence-corrected chi connectivity index (χ0v) is 11.0. The molecular formula is C6H3Cl2N4Y-. The van der Waals surface area contributed by atoms with Gasteiger partial charge in [-0.15, -0.1) is 0 Å². The molecule has 0 aliphatic carbocycles. The molecule has 0 fully saturated rings. The van der Waals surface area contributed by atoms with Crippen LogP contribution >= 0.6 is 23.2 Å². The molecule has 0 unspecified atom stereocenters. The standard InChI is InChI=1S/C6H3Cl2N4.Y/c1-2-9-3-4(7)11-6(8)12-5(3)10-2;/h1H3;/q-1;. The molecule has 4 nitrogen and oxygen atoms in total. The molecule has 2 rings (SSSR count). The summed E-state index contributed by atoms with van der Waals surface area (Å²) in [4.78, 5) is 15.6. The molecule has 0 N–H and O–H groups in total. The van der Waals surface area contributed by atoms with Crippen molar-refractivity contribution in [2.24, 2.45) is 0 Å². The number of hydrogen-bond acceptors (Lipinski definition) is 3. The summed E-state index contributed by atoms with van der Waals surface area (Å²) < 4.78 is 0. The summed E-state index contributed by atoms with van der Waals surface area (Å²) in [6.07, 6.45) is 0. The summed E-state index contributed by atoms with van der Waals surface area (Å²) in [6, 6.07) is 0. The van der Waals surface area contributed by atoms with E-state index in [-0.39, 0.29) is 43.1 Å². The number of imidazole rings is 1. The van der Waals surface area contributed by atoms with Crippen molar-refractivity contribution >= 4 is 34.4 Å². The van der Waals surface area contributed by atoms with Crippen LogP contribution < -0.4 is 4.98 Å². The third kappa shape index (κ3) is 2.18. The summed E-state index contributed by atoms with van der Waals surface area (Å²) >= 11 is 11.3. The maximum atomic E-state index is 5.74. The average Bonchev–Trinajstić information content (AvgIpc) is 2.29. The SMILES string of the molecule is Cc1nc2nc(Cl)nc(Cl)c2[n-]1.[Y]. The Morgan fingerprint density at radius 2 is 1.85 bits per heavy atom. The van der Waals surface area contributed by atoms with Gasteiger partial charge in [-0.1, -0.05) is 17.4 Å². The van der Waals surface area contributed by atoms with Crippen molar-refractivity contribution in [2.45, 2.75) is 6.92 Å². The van der Waals surface area contributed by atoms with Crippen LogP contribution in [-0.2, 0) is 32.7 Å². The first-order chi connectivity index (χ1) is 5.66. The number of hydrogen-bond donors (Lipinski definition) is 0. The normalized spacial score (nSPS) is 10.1. The maximum Gasteiger partial charge on any atom is 0.223 e. The van der Waals surface area contributed by atoms with Crippen molar-refractivity contribution in [3.63, 3.8) is 0 Å². The van der Waals surface area contributed by atoms with Crippen LogP contribution in [-0.4, -0.2) is 15.0 Å². The largest absolute Gasteiger partial charge is 0.436 e. The molecule has 0 amide bonds. The van der Waals surface area contributed by atoms with Gasteiger partial charge in [-0.3, -0.25) is 0 Å². The fourth-order valence-electron chi connectivity index (χ4n) is 0.906. The summed E-state index contributed by atoms with van der Waals surface area (Å²) in [6.45, 7) is 1.76. The van der Waals surface area contributed by atoms with Gasteiger partial charge in [-0.25, -0.2) is 9.97 Å². The molecule has 0 atom stereocenters. The minimum atomic E-state index is 0. The van der Waals surface area contributed by atoms with Gasteiger partial charge in [0.1, 0.15) is 5.15 Å². The van der Waals surface area contributed by atoms with Crippen LogP contribution in [0.1, 0.15) is 5.82 Å². The molecule has 7 heteroatoms.